The van der Waals surface area contributed by atoms with Crippen molar-refractivity contribution in [2.45, 2.75) is 6.54 Å². The van der Waals surface area contributed by atoms with Crippen LogP contribution in [-0.2, 0) is 11.3 Å². The average molecular weight is 298 g/mol. The molecule has 2 aromatic heterocycles. The smallest absolute Gasteiger partial charge is 0.148 e. The molecule has 0 radical (unpaired) electrons. The molecule has 1 aliphatic rings. The highest BCUT2D eigenvalue weighted by atomic mass is 16.5. The van der Waals surface area contributed by atoms with E-state index >= 15 is 0 Å². The maximum Gasteiger partial charge on any atom is 0.148 e. The fourth-order valence-electron chi connectivity index (χ4n) is 2.35. The molecule has 0 aromatic carbocycles. The van der Waals surface area contributed by atoms with Crippen molar-refractivity contribution in [3.63, 3.8) is 0 Å². The summed E-state index contributed by atoms with van der Waals surface area (Å²) in [5, 5.41) is 16.5. The lowest BCUT2D eigenvalue weighted by atomic mass is 10.3. The molecule has 1 aliphatic heterocycles. The van der Waals surface area contributed by atoms with Gasteiger partial charge in [-0.3, -0.25) is 9.58 Å². The van der Waals surface area contributed by atoms with Crippen molar-refractivity contribution in [3.8, 4) is 6.07 Å². The molecule has 0 spiro atoms. The minimum Gasteiger partial charge on any atom is -0.379 e. The minimum absolute atomic E-state index is 0.517. The van der Waals surface area contributed by atoms with E-state index in [4.69, 9.17) is 10.00 Å². The molecule has 0 saturated carbocycles. The number of hydrogen-bond donors (Lipinski definition) is 1. The molecular formula is C15H18N6O. The van der Waals surface area contributed by atoms with Crippen LogP contribution in [0.3, 0.4) is 0 Å². The number of hydrogen-bond acceptors (Lipinski definition) is 6. The third-order valence-corrected chi connectivity index (χ3v) is 3.57. The van der Waals surface area contributed by atoms with E-state index in [2.05, 4.69) is 26.4 Å². The zero-order valence-corrected chi connectivity index (χ0v) is 12.3. The molecule has 1 fully saturated rings. The Morgan fingerprint density at radius 1 is 1.32 bits per heavy atom. The number of rotatable bonds is 5. The van der Waals surface area contributed by atoms with Gasteiger partial charge in [0.1, 0.15) is 11.9 Å². The fraction of sp³-hybridized carbons (Fsp3) is 0.400. The summed E-state index contributed by atoms with van der Waals surface area (Å²) in [6.07, 6.45) is 5.33. The first-order valence-corrected chi connectivity index (χ1v) is 7.30. The van der Waals surface area contributed by atoms with Crippen molar-refractivity contribution in [1.29, 1.82) is 5.26 Å². The first-order valence-electron chi connectivity index (χ1n) is 7.30. The van der Waals surface area contributed by atoms with Gasteiger partial charge in [0.25, 0.3) is 0 Å². The molecule has 114 valence electrons. The Labute approximate surface area is 129 Å². The van der Waals surface area contributed by atoms with Gasteiger partial charge in [-0.25, -0.2) is 4.98 Å². The molecule has 0 unspecified atom stereocenters. The van der Waals surface area contributed by atoms with Crippen LogP contribution in [0.5, 0.6) is 0 Å². The molecule has 1 saturated heterocycles. The predicted molar refractivity (Wildman–Crippen MR) is 81.7 cm³/mol. The Morgan fingerprint density at radius 2 is 2.18 bits per heavy atom. The Bertz CT molecular complexity index is 656. The fourth-order valence-corrected chi connectivity index (χ4v) is 2.35. The lowest BCUT2D eigenvalue weighted by Crippen LogP contribution is -2.38. The second-order valence-corrected chi connectivity index (χ2v) is 5.08. The number of nitriles is 1. The molecular weight excluding hydrogens is 280 g/mol. The summed E-state index contributed by atoms with van der Waals surface area (Å²) < 4.78 is 7.23. The van der Waals surface area contributed by atoms with Crippen molar-refractivity contribution in [3.05, 3.63) is 36.3 Å². The van der Waals surface area contributed by atoms with E-state index in [1.54, 1.807) is 24.5 Å². The van der Waals surface area contributed by atoms with Crippen LogP contribution in [-0.4, -0.2) is 52.5 Å². The van der Waals surface area contributed by atoms with Crippen LogP contribution in [0.2, 0.25) is 0 Å². The van der Waals surface area contributed by atoms with E-state index in [1.165, 1.54) is 0 Å². The van der Waals surface area contributed by atoms with E-state index in [-0.39, 0.29) is 0 Å². The third kappa shape index (κ3) is 3.61. The highest BCUT2D eigenvalue weighted by molar-refractivity contribution is 5.61. The van der Waals surface area contributed by atoms with Crippen LogP contribution in [0.4, 0.5) is 11.5 Å². The largest absolute Gasteiger partial charge is 0.379 e. The van der Waals surface area contributed by atoms with Crippen molar-refractivity contribution in [1.82, 2.24) is 19.7 Å². The van der Waals surface area contributed by atoms with Crippen LogP contribution in [0, 0.1) is 11.3 Å². The summed E-state index contributed by atoms with van der Waals surface area (Å²) in [5.41, 5.74) is 1.35. The monoisotopic (exact) mass is 298 g/mol. The summed E-state index contributed by atoms with van der Waals surface area (Å²) in [5.74, 6) is 0.553. The SMILES string of the molecule is N#Cc1cccnc1Nc1cnn(CCN2CCOCC2)c1. The summed E-state index contributed by atoms with van der Waals surface area (Å²) in [6.45, 7) is 5.36. The van der Waals surface area contributed by atoms with Crippen LogP contribution in [0.25, 0.3) is 0 Å². The number of nitrogens with one attached hydrogen (secondary N) is 1. The second-order valence-electron chi connectivity index (χ2n) is 5.08. The molecule has 0 aliphatic carbocycles. The average Bonchev–Trinajstić information content (AvgIpc) is 3.02. The molecule has 22 heavy (non-hydrogen) atoms. The molecule has 1 N–H and O–H groups in total. The van der Waals surface area contributed by atoms with E-state index in [0.29, 0.717) is 11.4 Å². The number of anilines is 2. The van der Waals surface area contributed by atoms with E-state index in [9.17, 15) is 0 Å². The highest BCUT2D eigenvalue weighted by Crippen LogP contribution is 2.16. The topological polar surface area (TPSA) is 79.0 Å². The van der Waals surface area contributed by atoms with Crippen LogP contribution in [0.1, 0.15) is 5.56 Å². The summed E-state index contributed by atoms with van der Waals surface area (Å²) >= 11 is 0. The van der Waals surface area contributed by atoms with Gasteiger partial charge in [-0.2, -0.15) is 10.4 Å². The van der Waals surface area contributed by atoms with Gasteiger partial charge < -0.3 is 10.1 Å². The molecule has 0 atom stereocenters. The summed E-state index contributed by atoms with van der Waals surface area (Å²) in [7, 11) is 0. The zero-order chi connectivity index (χ0) is 15.2. The van der Waals surface area contributed by atoms with E-state index < -0.39 is 0 Å². The first kappa shape index (κ1) is 14.5. The number of pyridine rings is 1. The van der Waals surface area contributed by atoms with Gasteiger partial charge in [0.05, 0.1) is 37.2 Å². The van der Waals surface area contributed by atoms with Crippen molar-refractivity contribution < 1.29 is 4.74 Å². The standard InChI is InChI=1S/C15H18N6O/c16-10-13-2-1-3-17-15(13)19-14-11-18-21(12-14)5-4-20-6-8-22-9-7-20/h1-3,11-12H,4-9H2,(H,17,19). The van der Waals surface area contributed by atoms with E-state index in [0.717, 1.165) is 45.1 Å². The third-order valence-electron chi connectivity index (χ3n) is 3.57. The Kier molecular flexibility index (Phi) is 4.63. The number of aromatic nitrogens is 3. The Morgan fingerprint density at radius 3 is 3.00 bits per heavy atom. The molecule has 7 heteroatoms. The van der Waals surface area contributed by atoms with Crippen LogP contribution < -0.4 is 5.32 Å². The quantitative estimate of drug-likeness (QED) is 0.894. The molecule has 3 heterocycles. The van der Waals surface area contributed by atoms with Gasteiger partial charge in [-0.1, -0.05) is 0 Å². The van der Waals surface area contributed by atoms with Crippen molar-refractivity contribution in [2.24, 2.45) is 0 Å². The predicted octanol–water partition coefficient (Wildman–Crippen LogP) is 1.23. The van der Waals surface area contributed by atoms with E-state index in [1.807, 2.05) is 10.9 Å². The van der Waals surface area contributed by atoms with Gasteiger partial charge >= 0.3 is 0 Å². The Balaban J connectivity index is 1.58. The van der Waals surface area contributed by atoms with Gasteiger partial charge in [0, 0.05) is 32.0 Å². The molecule has 3 rings (SSSR count). The van der Waals surface area contributed by atoms with Crippen molar-refractivity contribution in [2.75, 3.05) is 38.2 Å². The van der Waals surface area contributed by atoms with Crippen LogP contribution >= 0.6 is 0 Å². The summed E-state index contributed by atoms with van der Waals surface area (Å²) in [6, 6.07) is 5.60. The minimum atomic E-state index is 0.517. The van der Waals surface area contributed by atoms with Gasteiger partial charge in [0.15, 0.2) is 0 Å². The van der Waals surface area contributed by atoms with Gasteiger partial charge in [-0.15, -0.1) is 0 Å². The zero-order valence-electron chi connectivity index (χ0n) is 12.3. The number of nitrogens with zero attached hydrogens (tertiary/aromatic N) is 5. The van der Waals surface area contributed by atoms with Crippen LogP contribution in [0.15, 0.2) is 30.7 Å². The maximum atomic E-state index is 9.06. The lowest BCUT2D eigenvalue weighted by Gasteiger charge is -2.26. The number of morpholine rings is 1. The normalized spacial score (nSPS) is 15.4. The Hall–Kier alpha value is -2.43. The second kappa shape index (κ2) is 7.02. The molecule has 7 nitrogen and oxygen atoms in total. The summed E-state index contributed by atoms with van der Waals surface area (Å²) in [4.78, 5) is 6.55. The highest BCUT2D eigenvalue weighted by Gasteiger charge is 2.10. The first-order chi connectivity index (χ1) is 10.8. The maximum absolute atomic E-state index is 9.06. The van der Waals surface area contributed by atoms with Gasteiger partial charge in [-0.05, 0) is 12.1 Å². The van der Waals surface area contributed by atoms with Crippen molar-refractivity contribution >= 4 is 11.5 Å². The molecule has 0 amide bonds. The number of ether oxygens (including phenoxy) is 1. The molecule has 0 bridgehead atoms. The lowest BCUT2D eigenvalue weighted by molar-refractivity contribution is 0.0360. The molecule has 2 aromatic rings. The van der Waals surface area contributed by atoms with Gasteiger partial charge in [0.2, 0.25) is 0 Å².